The number of nitrogens with zero attached hydrogens (tertiary/aromatic N) is 1. The molecule has 0 bridgehead atoms. The first-order chi connectivity index (χ1) is 9.51. The van der Waals surface area contributed by atoms with Gasteiger partial charge in [0.15, 0.2) is 10.8 Å². The van der Waals surface area contributed by atoms with Crippen LogP contribution in [0.5, 0.6) is 5.75 Å². The first-order valence-corrected chi connectivity index (χ1v) is 6.94. The highest BCUT2D eigenvalue weighted by Gasteiger charge is 2.19. The van der Waals surface area contributed by atoms with Crippen LogP contribution in [-0.2, 0) is 4.74 Å². The van der Waals surface area contributed by atoms with Crippen LogP contribution >= 0.6 is 11.3 Å². The molecule has 106 valence electrons. The molecule has 0 saturated heterocycles. The van der Waals surface area contributed by atoms with Crippen LogP contribution in [0.25, 0.3) is 10.4 Å². The minimum atomic E-state index is -0.497. The van der Waals surface area contributed by atoms with E-state index in [2.05, 4.69) is 4.98 Å². The van der Waals surface area contributed by atoms with Crippen molar-refractivity contribution in [2.45, 2.75) is 20.0 Å². The maximum Gasteiger partial charge on any atom is 0.358 e. The molecule has 0 saturated carbocycles. The van der Waals surface area contributed by atoms with E-state index in [4.69, 9.17) is 15.2 Å². The summed E-state index contributed by atoms with van der Waals surface area (Å²) in [6.07, 6.45) is 0.0804. The lowest BCUT2D eigenvalue weighted by molar-refractivity contribution is 0.0596. The summed E-state index contributed by atoms with van der Waals surface area (Å²) in [5, 5.41) is 0.329. The summed E-state index contributed by atoms with van der Waals surface area (Å²) in [5.41, 5.74) is 6.76. The number of methoxy groups -OCH3 is 1. The van der Waals surface area contributed by atoms with E-state index in [-0.39, 0.29) is 11.8 Å². The Labute approximate surface area is 121 Å². The zero-order valence-electron chi connectivity index (χ0n) is 11.5. The average molecular weight is 292 g/mol. The molecule has 1 aromatic carbocycles. The van der Waals surface area contributed by atoms with Crippen molar-refractivity contribution in [2.24, 2.45) is 0 Å². The van der Waals surface area contributed by atoms with Gasteiger partial charge in [-0.15, -0.1) is 0 Å². The summed E-state index contributed by atoms with van der Waals surface area (Å²) in [6, 6.07) is 7.47. The predicted octanol–water partition coefficient (Wildman–Crippen LogP) is 2.97. The number of ether oxygens (including phenoxy) is 2. The van der Waals surface area contributed by atoms with E-state index in [1.807, 2.05) is 38.1 Å². The second kappa shape index (κ2) is 5.92. The first kappa shape index (κ1) is 14.3. The topological polar surface area (TPSA) is 74.4 Å². The molecular weight excluding hydrogens is 276 g/mol. The summed E-state index contributed by atoms with van der Waals surface area (Å²) < 4.78 is 10.4. The van der Waals surface area contributed by atoms with Crippen molar-refractivity contribution in [3.8, 4) is 16.2 Å². The standard InChI is InChI=1S/C14H16N2O3S/c1-8(2)19-10-6-4-5-9(7-10)12-11(13(17)18-3)16-14(15)20-12/h4-8H,1-3H3,(H2,15,16). The molecule has 0 spiro atoms. The number of rotatable bonds is 4. The van der Waals surface area contributed by atoms with Crippen LogP contribution in [0.4, 0.5) is 5.13 Å². The van der Waals surface area contributed by atoms with Crippen molar-refractivity contribution < 1.29 is 14.3 Å². The van der Waals surface area contributed by atoms with Crippen LogP contribution in [-0.4, -0.2) is 24.2 Å². The van der Waals surface area contributed by atoms with Crippen LogP contribution < -0.4 is 10.5 Å². The molecular formula is C14H16N2O3S. The van der Waals surface area contributed by atoms with Gasteiger partial charge in [-0.25, -0.2) is 9.78 Å². The van der Waals surface area contributed by atoms with Gasteiger partial charge in [0, 0.05) is 0 Å². The average Bonchev–Trinajstić information content (AvgIpc) is 2.79. The summed E-state index contributed by atoms with van der Waals surface area (Å²) in [6.45, 7) is 3.91. The molecule has 20 heavy (non-hydrogen) atoms. The zero-order valence-corrected chi connectivity index (χ0v) is 12.4. The van der Waals surface area contributed by atoms with Gasteiger partial charge in [0.2, 0.25) is 0 Å². The fraction of sp³-hybridized carbons (Fsp3) is 0.286. The largest absolute Gasteiger partial charge is 0.491 e. The molecule has 0 aliphatic carbocycles. The third-order valence-corrected chi connectivity index (χ3v) is 3.42. The van der Waals surface area contributed by atoms with Gasteiger partial charge in [-0.1, -0.05) is 23.5 Å². The monoisotopic (exact) mass is 292 g/mol. The van der Waals surface area contributed by atoms with Crippen LogP contribution in [0.2, 0.25) is 0 Å². The number of nitrogens with two attached hydrogens (primary N) is 1. The number of benzene rings is 1. The molecule has 0 amide bonds. The first-order valence-electron chi connectivity index (χ1n) is 6.13. The zero-order chi connectivity index (χ0) is 14.7. The Morgan fingerprint density at radius 1 is 1.40 bits per heavy atom. The van der Waals surface area contributed by atoms with Gasteiger partial charge in [0.1, 0.15) is 5.75 Å². The lowest BCUT2D eigenvalue weighted by Gasteiger charge is -2.10. The van der Waals surface area contributed by atoms with Gasteiger partial charge < -0.3 is 15.2 Å². The summed E-state index contributed by atoms with van der Waals surface area (Å²) >= 11 is 1.25. The Bertz CT molecular complexity index is 623. The Morgan fingerprint density at radius 2 is 2.15 bits per heavy atom. The number of carbonyl (C=O) groups is 1. The maximum atomic E-state index is 11.7. The fourth-order valence-corrected chi connectivity index (χ4v) is 2.57. The van der Waals surface area contributed by atoms with E-state index in [0.717, 1.165) is 11.3 Å². The molecule has 2 aromatic rings. The van der Waals surface area contributed by atoms with E-state index >= 15 is 0 Å². The van der Waals surface area contributed by atoms with Gasteiger partial charge in [-0.05, 0) is 31.5 Å². The number of aromatic nitrogens is 1. The second-order valence-electron chi connectivity index (χ2n) is 4.42. The molecule has 0 unspecified atom stereocenters. The molecule has 2 N–H and O–H groups in total. The van der Waals surface area contributed by atoms with Crippen molar-refractivity contribution in [2.75, 3.05) is 12.8 Å². The van der Waals surface area contributed by atoms with Crippen molar-refractivity contribution in [3.63, 3.8) is 0 Å². The SMILES string of the molecule is COC(=O)c1nc(N)sc1-c1cccc(OC(C)C)c1. The summed E-state index contributed by atoms with van der Waals surface area (Å²) in [4.78, 5) is 16.4. The molecule has 6 heteroatoms. The molecule has 0 atom stereocenters. The van der Waals surface area contributed by atoms with Crippen molar-refractivity contribution >= 4 is 22.4 Å². The fourth-order valence-electron chi connectivity index (χ4n) is 1.75. The quantitative estimate of drug-likeness (QED) is 0.877. The number of hydrogen-bond donors (Lipinski definition) is 1. The third kappa shape index (κ3) is 3.08. The van der Waals surface area contributed by atoms with Gasteiger partial charge in [0.25, 0.3) is 0 Å². The minimum Gasteiger partial charge on any atom is -0.491 e. The number of esters is 1. The van der Waals surface area contributed by atoms with Gasteiger partial charge in [0.05, 0.1) is 18.1 Å². The van der Waals surface area contributed by atoms with Gasteiger partial charge in [-0.3, -0.25) is 0 Å². The molecule has 0 aliphatic heterocycles. The normalized spacial score (nSPS) is 10.6. The molecule has 0 fully saturated rings. The van der Waals surface area contributed by atoms with Crippen molar-refractivity contribution in [3.05, 3.63) is 30.0 Å². The van der Waals surface area contributed by atoms with E-state index in [0.29, 0.717) is 10.0 Å². The van der Waals surface area contributed by atoms with Crippen molar-refractivity contribution in [1.29, 1.82) is 0 Å². The smallest absolute Gasteiger partial charge is 0.358 e. The van der Waals surface area contributed by atoms with E-state index in [1.165, 1.54) is 18.4 Å². The number of hydrogen-bond acceptors (Lipinski definition) is 6. The lowest BCUT2D eigenvalue weighted by atomic mass is 10.1. The maximum absolute atomic E-state index is 11.7. The second-order valence-corrected chi connectivity index (χ2v) is 5.45. The Balaban J connectivity index is 2.43. The molecule has 5 nitrogen and oxygen atoms in total. The number of carbonyl (C=O) groups excluding carboxylic acids is 1. The third-order valence-electron chi connectivity index (χ3n) is 2.49. The highest BCUT2D eigenvalue weighted by Crippen LogP contribution is 2.34. The van der Waals surface area contributed by atoms with E-state index in [1.54, 1.807) is 0 Å². The Kier molecular flexibility index (Phi) is 4.24. The van der Waals surface area contributed by atoms with Gasteiger partial charge in [-0.2, -0.15) is 0 Å². The van der Waals surface area contributed by atoms with E-state index in [9.17, 15) is 4.79 Å². The highest BCUT2D eigenvalue weighted by molar-refractivity contribution is 7.19. The van der Waals surface area contributed by atoms with E-state index < -0.39 is 5.97 Å². The molecule has 0 aliphatic rings. The van der Waals surface area contributed by atoms with Crippen LogP contribution in [0.3, 0.4) is 0 Å². The number of thiazole rings is 1. The molecule has 1 aromatic heterocycles. The molecule has 2 rings (SSSR count). The van der Waals surface area contributed by atoms with Crippen molar-refractivity contribution in [1.82, 2.24) is 4.98 Å². The Hall–Kier alpha value is -2.08. The van der Waals surface area contributed by atoms with Crippen LogP contribution in [0.1, 0.15) is 24.3 Å². The van der Waals surface area contributed by atoms with Crippen LogP contribution in [0.15, 0.2) is 24.3 Å². The molecule has 1 heterocycles. The Morgan fingerprint density at radius 3 is 2.80 bits per heavy atom. The number of nitrogen functional groups attached to an aromatic ring is 1. The summed E-state index contributed by atoms with van der Waals surface area (Å²) in [7, 11) is 1.32. The number of anilines is 1. The lowest BCUT2D eigenvalue weighted by Crippen LogP contribution is -2.06. The van der Waals surface area contributed by atoms with Crippen LogP contribution in [0, 0.1) is 0 Å². The summed E-state index contributed by atoms with van der Waals surface area (Å²) in [5.74, 6) is 0.239. The predicted molar refractivity (Wildman–Crippen MR) is 79.1 cm³/mol. The molecule has 0 radical (unpaired) electrons. The highest BCUT2D eigenvalue weighted by atomic mass is 32.1. The van der Waals surface area contributed by atoms with Gasteiger partial charge >= 0.3 is 5.97 Å². The minimum absolute atomic E-state index is 0.0804.